The predicted molar refractivity (Wildman–Crippen MR) is 170 cm³/mol. The topological polar surface area (TPSA) is 144 Å². The van der Waals surface area contributed by atoms with Crippen molar-refractivity contribution in [3.8, 4) is 11.5 Å². The number of halogens is 1. The van der Waals surface area contributed by atoms with Gasteiger partial charge in [-0.2, -0.15) is 0 Å². The Morgan fingerprint density at radius 1 is 1.16 bits per heavy atom. The summed E-state index contributed by atoms with van der Waals surface area (Å²) in [7, 11) is 1.49. The van der Waals surface area contributed by atoms with Gasteiger partial charge in [0, 0.05) is 48.6 Å². The summed E-state index contributed by atoms with van der Waals surface area (Å²) in [5.74, 6) is 0.224. The summed E-state index contributed by atoms with van der Waals surface area (Å²) in [5.41, 5.74) is 3.00. The maximum absolute atomic E-state index is 13.9. The quantitative estimate of drug-likeness (QED) is 0.183. The molecular formula is C32H38IN3O7. The number of benzene rings is 2. The molecule has 1 aromatic heterocycles. The van der Waals surface area contributed by atoms with Gasteiger partial charge in [0.25, 0.3) is 0 Å². The average Bonchev–Trinajstić information content (AvgIpc) is 3.40. The maximum Gasteiger partial charge on any atom is 0.247 e. The number of rotatable bonds is 12. The summed E-state index contributed by atoms with van der Waals surface area (Å²) >= 11 is 2.08. The van der Waals surface area contributed by atoms with Crippen molar-refractivity contribution in [2.45, 2.75) is 57.0 Å². The first-order valence-corrected chi connectivity index (χ1v) is 15.7. The van der Waals surface area contributed by atoms with Gasteiger partial charge in [-0.3, -0.25) is 9.59 Å². The second kappa shape index (κ2) is 14.1. The lowest BCUT2D eigenvalue weighted by atomic mass is 9.82. The third-order valence-corrected chi connectivity index (χ3v) is 9.09. The molecule has 5 N–H and O–H groups in total. The van der Waals surface area contributed by atoms with Crippen molar-refractivity contribution in [2.75, 3.05) is 26.8 Å². The molecule has 2 aromatic carbocycles. The smallest absolute Gasteiger partial charge is 0.247 e. The van der Waals surface area contributed by atoms with Gasteiger partial charge in [-0.15, -0.1) is 0 Å². The minimum atomic E-state index is -1.14. The first kappa shape index (κ1) is 31.3. The van der Waals surface area contributed by atoms with Crippen LogP contribution in [0, 0.1) is 9.49 Å². The number of aliphatic hydroxyl groups is 3. The Morgan fingerprint density at radius 3 is 2.63 bits per heavy atom. The number of hydrogen-bond acceptors (Lipinski definition) is 7. The van der Waals surface area contributed by atoms with Gasteiger partial charge in [-0.25, -0.2) is 0 Å². The molecule has 0 aliphatic heterocycles. The molecule has 1 fully saturated rings. The van der Waals surface area contributed by atoms with Crippen molar-refractivity contribution in [1.29, 1.82) is 0 Å². The number of para-hydroxylation sites is 1. The van der Waals surface area contributed by atoms with Crippen LogP contribution < -0.4 is 14.8 Å². The molecule has 43 heavy (non-hydrogen) atoms. The molecule has 0 radical (unpaired) electrons. The molecule has 230 valence electrons. The molecule has 3 aromatic rings. The highest BCUT2D eigenvalue weighted by Gasteiger charge is 2.43. The van der Waals surface area contributed by atoms with Crippen molar-refractivity contribution in [3.63, 3.8) is 0 Å². The first-order valence-electron chi connectivity index (χ1n) is 14.6. The normalized spacial score (nSPS) is 20.3. The fourth-order valence-electron chi connectivity index (χ4n) is 5.73. The molecule has 5 rings (SSSR count). The monoisotopic (exact) mass is 703 g/mol. The van der Waals surface area contributed by atoms with Gasteiger partial charge >= 0.3 is 0 Å². The Balaban J connectivity index is 1.47. The molecule has 0 bridgehead atoms. The molecule has 3 atom stereocenters. The number of ether oxygens (including phenoxy) is 2. The van der Waals surface area contributed by atoms with Gasteiger partial charge in [0.15, 0.2) is 11.5 Å². The second-order valence-electron chi connectivity index (χ2n) is 11.1. The number of H-pyrrole nitrogens is 1. The molecule has 1 saturated carbocycles. The fourth-order valence-corrected chi connectivity index (χ4v) is 6.53. The SMILES string of the molecule is COc1cc(CO)cc(I)c1OC1C=C(C(=O)NCCO)CC(N(CCc2cc3ccccc3[nH]2)C(=O)C2CCC2)C1O. The Labute approximate surface area is 264 Å². The van der Waals surface area contributed by atoms with Crippen LogP contribution >= 0.6 is 22.6 Å². The Bertz CT molecular complexity index is 1450. The summed E-state index contributed by atoms with van der Waals surface area (Å²) in [6, 6.07) is 12.8. The Hall–Kier alpha value is -3.13. The number of carbonyl (C=O) groups is 2. The van der Waals surface area contributed by atoms with Gasteiger partial charge in [0.1, 0.15) is 12.2 Å². The Morgan fingerprint density at radius 2 is 1.95 bits per heavy atom. The third kappa shape index (κ3) is 7.00. The standard InChI is InChI=1S/C32H38IN3O7/c1-42-28-14-19(18-38)13-24(33)30(28)43-27-17-22(31(40)34-10-12-37)16-26(29(27)39)36(32(41)20-6-4-7-20)11-9-23-15-21-5-2-3-8-25(21)35-23/h2-3,5,8,13-15,17,20,26-27,29,35,37-39H,4,6-7,9-12,16,18H2,1H3,(H,34,40). The van der Waals surface area contributed by atoms with Gasteiger partial charge in [-0.05, 0) is 76.7 Å². The van der Waals surface area contributed by atoms with Crippen LogP contribution in [-0.2, 0) is 22.6 Å². The number of nitrogens with one attached hydrogen (secondary N) is 2. The van der Waals surface area contributed by atoms with Crippen LogP contribution in [0.15, 0.2) is 54.1 Å². The van der Waals surface area contributed by atoms with Gasteiger partial charge in [0.05, 0.1) is 29.9 Å². The van der Waals surface area contributed by atoms with E-state index in [0.29, 0.717) is 39.2 Å². The van der Waals surface area contributed by atoms with E-state index in [4.69, 9.17) is 9.47 Å². The minimum Gasteiger partial charge on any atom is -0.493 e. The van der Waals surface area contributed by atoms with E-state index in [2.05, 4.69) is 39.0 Å². The van der Waals surface area contributed by atoms with E-state index in [1.165, 1.54) is 7.11 Å². The number of aliphatic hydroxyl groups excluding tert-OH is 3. The largest absolute Gasteiger partial charge is 0.493 e. The summed E-state index contributed by atoms with van der Waals surface area (Å²) in [6.45, 7) is 0.0431. The van der Waals surface area contributed by atoms with Gasteiger partial charge < -0.3 is 40.0 Å². The van der Waals surface area contributed by atoms with Crippen molar-refractivity contribution in [1.82, 2.24) is 15.2 Å². The van der Waals surface area contributed by atoms with Crippen LogP contribution in [0.25, 0.3) is 10.9 Å². The number of fused-ring (bicyclic) bond motifs is 1. The number of amides is 2. The van der Waals surface area contributed by atoms with E-state index in [9.17, 15) is 24.9 Å². The van der Waals surface area contributed by atoms with Crippen molar-refractivity contribution in [2.24, 2.45) is 5.92 Å². The van der Waals surface area contributed by atoms with Crippen molar-refractivity contribution < 1.29 is 34.4 Å². The first-order chi connectivity index (χ1) is 20.8. The predicted octanol–water partition coefficient (Wildman–Crippen LogP) is 3.06. The molecule has 1 heterocycles. The molecule has 3 unspecified atom stereocenters. The number of nitrogens with zero attached hydrogens (tertiary/aromatic N) is 1. The number of carbonyl (C=O) groups excluding carboxylic acids is 2. The van der Waals surface area contributed by atoms with E-state index >= 15 is 0 Å². The average molecular weight is 704 g/mol. The highest BCUT2D eigenvalue weighted by molar-refractivity contribution is 14.1. The second-order valence-corrected chi connectivity index (χ2v) is 12.2. The van der Waals surface area contributed by atoms with E-state index in [1.807, 2.05) is 24.3 Å². The van der Waals surface area contributed by atoms with E-state index in [-0.39, 0.29) is 43.9 Å². The number of aromatic amines is 1. The highest BCUT2D eigenvalue weighted by atomic mass is 127. The summed E-state index contributed by atoms with van der Waals surface area (Å²) < 4.78 is 12.6. The van der Waals surface area contributed by atoms with Crippen LogP contribution in [-0.4, -0.2) is 82.1 Å². The lowest BCUT2D eigenvalue weighted by Gasteiger charge is -2.43. The van der Waals surface area contributed by atoms with E-state index < -0.39 is 18.2 Å². The molecule has 10 nitrogen and oxygen atoms in total. The molecular weight excluding hydrogens is 665 g/mol. The molecule has 2 amide bonds. The molecule has 11 heteroatoms. The van der Waals surface area contributed by atoms with Crippen LogP contribution in [0.2, 0.25) is 0 Å². The lowest BCUT2D eigenvalue weighted by Crippen LogP contribution is -2.57. The van der Waals surface area contributed by atoms with E-state index in [1.54, 1.807) is 23.1 Å². The molecule has 2 aliphatic rings. The molecule has 0 saturated heterocycles. The minimum absolute atomic E-state index is 0.0263. The van der Waals surface area contributed by atoms with Crippen LogP contribution in [0.1, 0.15) is 36.9 Å². The lowest BCUT2D eigenvalue weighted by molar-refractivity contribution is -0.145. The molecule has 2 aliphatic carbocycles. The maximum atomic E-state index is 13.9. The summed E-state index contributed by atoms with van der Waals surface area (Å²) in [6.07, 6.45) is 2.76. The van der Waals surface area contributed by atoms with Crippen LogP contribution in [0.3, 0.4) is 0 Å². The fraction of sp³-hybridized carbons (Fsp3) is 0.438. The zero-order chi connectivity index (χ0) is 30.5. The summed E-state index contributed by atoms with van der Waals surface area (Å²) in [4.78, 5) is 32.2. The number of hydrogen-bond donors (Lipinski definition) is 5. The zero-order valence-corrected chi connectivity index (χ0v) is 26.2. The zero-order valence-electron chi connectivity index (χ0n) is 24.1. The third-order valence-electron chi connectivity index (χ3n) is 8.29. The van der Waals surface area contributed by atoms with Gasteiger partial charge in [0.2, 0.25) is 11.8 Å². The van der Waals surface area contributed by atoms with Crippen LogP contribution in [0.4, 0.5) is 0 Å². The van der Waals surface area contributed by atoms with Crippen molar-refractivity contribution in [3.05, 3.63) is 68.9 Å². The Kier molecular flexibility index (Phi) is 10.3. The van der Waals surface area contributed by atoms with E-state index in [0.717, 1.165) is 35.9 Å². The summed E-state index contributed by atoms with van der Waals surface area (Å²) in [5, 5.41) is 34.5. The highest BCUT2D eigenvalue weighted by Crippen LogP contribution is 2.38. The number of methoxy groups -OCH3 is 1. The van der Waals surface area contributed by atoms with Crippen molar-refractivity contribution >= 4 is 45.3 Å². The molecule has 0 spiro atoms. The van der Waals surface area contributed by atoms with Gasteiger partial charge in [-0.1, -0.05) is 24.6 Å². The van der Waals surface area contributed by atoms with Crippen LogP contribution in [0.5, 0.6) is 11.5 Å². The number of aromatic nitrogens is 1.